The number of morpholine rings is 1. The van der Waals surface area contributed by atoms with Crippen LogP contribution < -0.4 is 10.2 Å². The molecule has 12 nitrogen and oxygen atoms in total. The van der Waals surface area contributed by atoms with E-state index < -0.39 is 12.1 Å². The summed E-state index contributed by atoms with van der Waals surface area (Å²) in [5.41, 5.74) is 0. The number of rotatable bonds is 5. The monoisotopic (exact) mass is 519 g/mol. The maximum absolute atomic E-state index is 14.8. The van der Waals surface area contributed by atoms with Gasteiger partial charge in [-0.25, -0.2) is 24.8 Å². The maximum atomic E-state index is 14.8. The molecule has 36 heavy (non-hydrogen) atoms. The fourth-order valence-corrected chi connectivity index (χ4v) is 7.16. The van der Waals surface area contributed by atoms with Gasteiger partial charge in [0.1, 0.15) is 0 Å². The van der Waals surface area contributed by atoms with Crippen LogP contribution in [0.4, 0.5) is 5.95 Å². The molecule has 5 saturated heterocycles. The van der Waals surface area contributed by atoms with Crippen LogP contribution in [0.2, 0.25) is 0 Å². The molecular formula is C23H37N9O3S. The molecule has 2 amide bonds. The molecule has 5 aliphatic rings. The Morgan fingerprint density at radius 1 is 0.972 bits per heavy atom. The molecule has 0 bridgehead atoms. The average molecular weight is 520 g/mol. The summed E-state index contributed by atoms with van der Waals surface area (Å²) in [5.74, 6) is 0.884. The van der Waals surface area contributed by atoms with Crippen molar-refractivity contribution in [1.29, 1.82) is 0 Å². The molecule has 1 aromatic heterocycles. The van der Waals surface area contributed by atoms with Crippen molar-refractivity contribution >= 4 is 29.5 Å². The van der Waals surface area contributed by atoms with Gasteiger partial charge in [0.05, 0.1) is 19.0 Å². The first kappa shape index (κ1) is 24.4. The zero-order valence-corrected chi connectivity index (χ0v) is 21.6. The number of aromatic amines is 1. The van der Waals surface area contributed by atoms with Crippen molar-refractivity contribution in [1.82, 2.24) is 40.0 Å². The number of H-pyrrole nitrogens is 1. The zero-order valence-electron chi connectivity index (χ0n) is 20.8. The van der Waals surface area contributed by atoms with Gasteiger partial charge in [0.25, 0.3) is 11.8 Å². The lowest BCUT2D eigenvalue weighted by atomic mass is 10.1. The van der Waals surface area contributed by atoms with Gasteiger partial charge >= 0.3 is 0 Å². The van der Waals surface area contributed by atoms with Gasteiger partial charge in [-0.3, -0.25) is 14.5 Å². The molecule has 2 unspecified atom stereocenters. The number of amides is 2. The predicted octanol–water partition coefficient (Wildman–Crippen LogP) is -0.791. The molecule has 5 aliphatic heterocycles. The van der Waals surface area contributed by atoms with Crippen molar-refractivity contribution < 1.29 is 14.3 Å². The molecule has 0 aromatic carbocycles. The molecule has 0 spiro atoms. The van der Waals surface area contributed by atoms with Crippen molar-refractivity contribution in [2.75, 3.05) is 88.5 Å². The van der Waals surface area contributed by atoms with Gasteiger partial charge in [0.2, 0.25) is 11.9 Å². The molecule has 6 rings (SSSR count). The molecule has 6 heterocycles. The molecule has 2 N–H and O–H groups in total. The number of carbonyl (C=O) groups excluding carboxylic acids is 2. The zero-order chi connectivity index (χ0) is 24.5. The van der Waals surface area contributed by atoms with Crippen LogP contribution in [0.15, 0.2) is 12.4 Å². The van der Waals surface area contributed by atoms with Gasteiger partial charge < -0.3 is 19.9 Å². The largest absolute Gasteiger partial charge is 0.379 e. The van der Waals surface area contributed by atoms with E-state index in [1.165, 1.54) is 6.42 Å². The van der Waals surface area contributed by atoms with E-state index in [9.17, 15) is 9.59 Å². The van der Waals surface area contributed by atoms with Crippen molar-refractivity contribution in [3.63, 3.8) is 0 Å². The molecule has 5 fully saturated rings. The number of nitrogens with one attached hydrogen (secondary N) is 2. The lowest BCUT2D eigenvalue weighted by molar-refractivity contribution is -0.240. The highest BCUT2D eigenvalue weighted by molar-refractivity contribution is 8.00. The molecule has 0 aliphatic carbocycles. The molecule has 0 saturated carbocycles. The van der Waals surface area contributed by atoms with Gasteiger partial charge in [-0.05, 0) is 12.8 Å². The molecule has 198 valence electrons. The van der Waals surface area contributed by atoms with E-state index in [1.54, 1.807) is 29.1 Å². The maximum Gasteiger partial charge on any atom is 0.285 e. The molecule has 13 heteroatoms. The number of nitrogens with zero attached hydrogens (tertiary/aromatic N) is 7. The van der Waals surface area contributed by atoms with Crippen LogP contribution in [0.3, 0.4) is 0 Å². The fraction of sp³-hybridized carbons (Fsp3) is 0.783. The first-order chi connectivity index (χ1) is 17.7. The van der Waals surface area contributed by atoms with Crippen LogP contribution in [0.1, 0.15) is 19.3 Å². The van der Waals surface area contributed by atoms with Gasteiger partial charge in [-0.2, -0.15) is 11.8 Å². The van der Waals surface area contributed by atoms with Crippen molar-refractivity contribution in [3.8, 4) is 0 Å². The number of aromatic nitrogens is 2. The van der Waals surface area contributed by atoms with E-state index >= 15 is 0 Å². The number of hydrogen-bond donors (Lipinski definition) is 2. The number of imidazole rings is 1. The Hall–Kier alpha value is -1.90. The lowest BCUT2D eigenvalue weighted by Crippen LogP contribution is -2.80. The predicted molar refractivity (Wildman–Crippen MR) is 136 cm³/mol. The topological polar surface area (TPSA) is 104 Å². The minimum atomic E-state index is -0.923. The first-order valence-corrected chi connectivity index (χ1v) is 14.4. The molecule has 0 radical (unpaired) electrons. The third-order valence-electron chi connectivity index (χ3n) is 7.90. The Labute approximate surface area is 216 Å². The number of thioether (sulfide) groups is 1. The van der Waals surface area contributed by atoms with Gasteiger partial charge in [0, 0.05) is 77.0 Å². The third-order valence-corrected chi connectivity index (χ3v) is 8.83. The molecule has 2 atom stereocenters. The van der Waals surface area contributed by atoms with Crippen molar-refractivity contribution in [3.05, 3.63) is 12.4 Å². The third kappa shape index (κ3) is 4.00. The fourth-order valence-electron chi connectivity index (χ4n) is 6.35. The summed E-state index contributed by atoms with van der Waals surface area (Å²) in [6.45, 7) is 8.02. The highest BCUT2D eigenvalue weighted by Crippen LogP contribution is 2.44. The number of piperazine rings is 1. The van der Waals surface area contributed by atoms with Gasteiger partial charge in [-0.15, -0.1) is 0 Å². The van der Waals surface area contributed by atoms with Crippen molar-refractivity contribution in [2.45, 2.75) is 31.3 Å². The summed E-state index contributed by atoms with van der Waals surface area (Å²) in [5, 5.41) is 7.76. The normalized spacial score (nSPS) is 32.0. The minimum absolute atomic E-state index is 0.0119. The second kappa shape index (κ2) is 10.5. The summed E-state index contributed by atoms with van der Waals surface area (Å²) in [6.07, 6.45) is 6.05. The van der Waals surface area contributed by atoms with Crippen LogP contribution in [0.5, 0.6) is 0 Å². The second-order valence-electron chi connectivity index (χ2n) is 9.90. The highest BCUT2D eigenvalue weighted by atomic mass is 32.2. The number of carbonyl (C=O) groups is 2. The summed E-state index contributed by atoms with van der Waals surface area (Å²) >= 11 is 1.64. The van der Waals surface area contributed by atoms with Crippen LogP contribution in [0, 0.1) is 0 Å². The second-order valence-corrected chi connectivity index (χ2v) is 11.0. The molecular weight excluding hydrogens is 482 g/mol. The smallest absolute Gasteiger partial charge is 0.285 e. The average Bonchev–Trinajstić information content (AvgIpc) is 3.55. The van der Waals surface area contributed by atoms with E-state index in [0.717, 1.165) is 57.9 Å². The SMILES string of the molecule is O=C1CSCCN1C1C(=O)N(N2CCCCC2)C(N2CCNCC2)(N2CCOCC2)N1c1ncc[nH]1. The summed E-state index contributed by atoms with van der Waals surface area (Å²) in [7, 11) is 0. The first-order valence-electron chi connectivity index (χ1n) is 13.3. The van der Waals surface area contributed by atoms with E-state index in [0.29, 0.717) is 44.5 Å². The summed E-state index contributed by atoms with van der Waals surface area (Å²) in [6, 6.07) is 0. The number of hydrogen-bond acceptors (Lipinski definition) is 10. The summed E-state index contributed by atoms with van der Waals surface area (Å²) in [4.78, 5) is 44.8. The summed E-state index contributed by atoms with van der Waals surface area (Å²) < 4.78 is 5.79. The van der Waals surface area contributed by atoms with E-state index in [4.69, 9.17) is 9.72 Å². The highest BCUT2D eigenvalue weighted by Gasteiger charge is 2.67. The van der Waals surface area contributed by atoms with Crippen LogP contribution in [-0.2, 0) is 14.3 Å². The molecule has 1 aromatic rings. The van der Waals surface area contributed by atoms with Crippen LogP contribution in [-0.4, -0.2) is 142 Å². The lowest BCUT2D eigenvalue weighted by Gasteiger charge is -2.59. The van der Waals surface area contributed by atoms with Gasteiger partial charge in [-0.1, -0.05) is 6.42 Å². The van der Waals surface area contributed by atoms with E-state index in [-0.39, 0.29) is 11.8 Å². The Bertz CT molecular complexity index is 898. The minimum Gasteiger partial charge on any atom is -0.379 e. The Morgan fingerprint density at radius 2 is 1.72 bits per heavy atom. The number of ether oxygens (including phenoxy) is 1. The number of anilines is 1. The van der Waals surface area contributed by atoms with Crippen LogP contribution >= 0.6 is 11.8 Å². The Kier molecular flexibility index (Phi) is 7.10. The van der Waals surface area contributed by atoms with Crippen LogP contribution in [0.25, 0.3) is 0 Å². The number of piperidine rings is 1. The van der Waals surface area contributed by atoms with Crippen molar-refractivity contribution in [2.24, 2.45) is 0 Å². The Balaban J connectivity index is 1.56. The van der Waals surface area contributed by atoms with E-state index in [1.807, 2.05) is 5.01 Å². The van der Waals surface area contributed by atoms with E-state index in [2.05, 4.69) is 30.0 Å². The number of hydrazine groups is 1. The quantitative estimate of drug-likeness (QED) is 0.514. The van der Waals surface area contributed by atoms with Gasteiger partial charge in [0.15, 0.2) is 6.17 Å². The standard InChI is InChI=1S/C23H37N9O3S/c33-19-18-36-17-14-30(19)20-21(34)32(29-8-2-1-3-9-29)23(27-10-6-24-7-11-27,28-12-15-35-16-13-28)31(20)22-25-4-5-26-22/h4-5,20,24H,1-3,6-18H2,(H,25,26). The Morgan fingerprint density at radius 3 is 2.42 bits per heavy atom.